The zero-order valence-corrected chi connectivity index (χ0v) is 14.2. The third kappa shape index (κ3) is 3.62. The maximum absolute atomic E-state index is 13.1. The van der Waals surface area contributed by atoms with Crippen LogP contribution in [0.3, 0.4) is 0 Å². The van der Waals surface area contributed by atoms with Crippen LogP contribution >= 0.6 is 0 Å². The number of amides is 1. The Morgan fingerprint density at radius 3 is 2.56 bits per heavy atom. The summed E-state index contributed by atoms with van der Waals surface area (Å²) >= 11 is 0. The molecule has 6 nitrogen and oxygen atoms in total. The van der Waals surface area contributed by atoms with E-state index in [1.54, 1.807) is 65.7 Å². The molecule has 2 aromatic carbocycles. The van der Waals surface area contributed by atoms with Crippen LogP contribution in [0.5, 0.6) is 0 Å². The summed E-state index contributed by atoms with van der Waals surface area (Å²) in [6.07, 6.45) is 3.17. The molecule has 0 unspecified atom stereocenters. The van der Waals surface area contributed by atoms with Crippen LogP contribution in [0.4, 0.5) is 4.39 Å². The van der Waals surface area contributed by atoms with Crippen molar-refractivity contribution in [2.75, 3.05) is 0 Å². The molecule has 7 heteroatoms. The van der Waals surface area contributed by atoms with E-state index in [0.29, 0.717) is 17.9 Å². The lowest BCUT2D eigenvalue weighted by Gasteiger charge is -2.08. The minimum atomic E-state index is -0.303. The smallest absolute Gasteiger partial charge is 0.251 e. The molecule has 0 atom stereocenters. The van der Waals surface area contributed by atoms with E-state index in [9.17, 15) is 9.18 Å². The van der Waals surface area contributed by atoms with Crippen LogP contribution in [0.2, 0.25) is 0 Å². The molecule has 0 aliphatic rings. The van der Waals surface area contributed by atoms with Gasteiger partial charge < -0.3 is 9.73 Å². The number of halogens is 1. The van der Waals surface area contributed by atoms with E-state index in [1.165, 1.54) is 12.1 Å². The molecule has 0 aliphatic heterocycles. The zero-order chi connectivity index (χ0) is 18.6. The number of aromatic nitrogens is 3. The number of carbonyl (C=O) groups excluding carboxylic acids is 1. The van der Waals surface area contributed by atoms with Gasteiger partial charge >= 0.3 is 0 Å². The van der Waals surface area contributed by atoms with Crippen molar-refractivity contribution in [3.63, 3.8) is 0 Å². The van der Waals surface area contributed by atoms with Crippen LogP contribution in [-0.2, 0) is 6.54 Å². The van der Waals surface area contributed by atoms with E-state index < -0.39 is 0 Å². The Morgan fingerprint density at radius 2 is 1.85 bits per heavy atom. The van der Waals surface area contributed by atoms with Gasteiger partial charge in [-0.2, -0.15) is 0 Å². The fourth-order valence-corrected chi connectivity index (χ4v) is 2.68. The van der Waals surface area contributed by atoms with Crippen LogP contribution in [-0.4, -0.2) is 20.9 Å². The minimum absolute atomic E-state index is 0.199. The number of carbonyl (C=O) groups is 1. The van der Waals surface area contributed by atoms with Gasteiger partial charge in [0.05, 0.1) is 30.4 Å². The normalized spacial score (nSPS) is 10.7. The van der Waals surface area contributed by atoms with Crippen LogP contribution < -0.4 is 5.32 Å². The first kappa shape index (κ1) is 16.7. The van der Waals surface area contributed by atoms with Crippen molar-refractivity contribution in [3.8, 4) is 16.9 Å². The van der Waals surface area contributed by atoms with E-state index in [1.807, 2.05) is 0 Å². The summed E-state index contributed by atoms with van der Waals surface area (Å²) < 4.78 is 20.0. The fraction of sp³-hybridized carbons (Fsp3) is 0.0500. The second kappa shape index (κ2) is 7.25. The van der Waals surface area contributed by atoms with E-state index in [2.05, 4.69) is 15.6 Å². The van der Waals surface area contributed by atoms with Gasteiger partial charge in [-0.05, 0) is 60.7 Å². The van der Waals surface area contributed by atoms with Gasteiger partial charge in [0.2, 0.25) is 0 Å². The third-order valence-corrected chi connectivity index (χ3v) is 4.07. The first-order valence-electron chi connectivity index (χ1n) is 8.28. The average Bonchev–Trinajstić information content (AvgIpc) is 3.39. The third-order valence-electron chi connectivity index (χ3n) is 4.07. The summed E-state index contributed by atoms with van der Waals surface area (Å²) in [4.78, 5) is 12.2. The lowest BCUT2D eigenvalue weighted by Crippen LogP contribution is -2.22. The van der Waals surface area contributed by atoms with E-state index in [4.69, 9.17) is 4.42 Å². The number of rotatable bonds is 5. The molecule has 0 aliphatic carbocycles. The molecule has 0 spiro atoms. The van der Waals surface area contributed by atoms with Gasteiger partial charge in [0.15, 0.2) is 0 Å². The van der Waals surface area contributed by atoms with Crippen LogP contribution in [0.15, 0.2) is 77.5 Å². The monoisotopic (exact) mass is 362 g/mol. The number of furan rings is 1. The molecule has 134 valence electrons. The lowest BCUT2D eigenvalue weighted by molar-refractivity contribution is 0.0948. The van der Waals surface area contributed by atoms with Crippen LogP contribution in [0, 0.1) is 5.82 Å². The van der Waals surface area contributed by atoms with Gasteiger partial charge in [-0.25, -0.2) is 9.07 Å². The average molecular weight is 362 g/mol. The highest BCUT2D eigenvalue weighted by molar-refractivity contribution is 5.94. The number of nitrogens with zero attached hydrogens (tertiary/aromatic N) is 3. The molecule has 2 aromatic heterocycles. The summed E-state index contributed by atoms with van der Waals surface area (Å²) in [6.45, 7) is 0.325. The summed E-state index contributed by atoms with van der Waals surface area (Å²) in [5.74, 6) is 0.185. The van der Waals surface area contributed by atoms with Crippen molar-refractivity contribution in [1.82, 2.24) is 20.3 Å². The molecule has 0 saturated carbocycles. The Balaban J connectivity index is 1.52. The predicted molar refractivity (Wildman–Crippen MR) is 96.6 cm³/mol. The molecule has 4 aromatic rings. The lowest BCUT2D eigenvalue weighted by atomic mass is 10.1. The Bertz CT molecular complexity index is 1040. The van der Waals surface area contributed by atoms with Crippen molar-refractivity contribution in [2.45, 2.75) is 6.54 Å². The molecule has 1 N–H and O–H groups in total. The van der Waals surface area contributed by atoms with Crippen molar-refractivity contribution in [3.05, 3.63) is 90.3 Å². The van der Waals surface area contributed by atoms with Crippen molar-refractivity contribution < 1.29 is 13.6 Å². The van der Waals surface area contributed by atoms with Gasteiger partial charge in [-0.15, -0.1) is 5.10 Å². The molecule has 0 fully saturated rings. The number of nitrogens with one attached hydrogen (secondary N) is 1. The summed E-state index contributed by atoms with van der Waals surface area (Å²) in [6, 6.07) is 16.7. The topological polar surface area (TPSA) is 73.0 Å². The molecular weight excluding hydrogens is 347 g/mol. The fourth-order valence-electron chi connectivity index (χ4n) is 2.68. The number of benzene rings is 2. The Labute approximate surface area is 154 Å². The highest BCUT2D eigenvalue weighted by Gasteiger charge is 2.11. The minimum Gasteiger partial charge on any atom is -0.467 e. The van der Waals surface area contributed by atoms with E-state index in [0.717, 1.165) is 16.9 Å². The maximum Gasteiger partial charge on any atom is 0.251 e. The second-order valence-corrected chi connectivity index (χ2v) is 5.85. The summed E-state index contributed by atoms with van der Waals surface area (Å²) in [5.41, 5.74) is 2.79. The highest BCUT2D eigenvalue weighted by atomic mass is 19.1. The summed E-state index contributed by atoms with van der Waals surface area (Å²) in [7, 11) is 0. The molecule has 4 rings (SSSR count). The first-order valence-corrected chi connectivity index (χ1v) is 8.28. The largest absolute Gasteiger partial charge is 0.467 e. The van der Waals surface area contributed by atoms with Gasteiger partial charge in [0.1, 0.15) is 11.6 Å². The number of hydrogen-bond acceptors (Lipinski definition) is 4. The van der Waals surface area contributed by atoms with Crippen molar-refractivity contribution in [2.24, 2.45) is 0 Å². The number of hydrogen-bond donors (Lipinski definition) is 1. The maximum atomic E-state index is 13.1. The Hall–Kier alpha value is -3.74. The van der Waals surface area contributed by atoms with E-state index in [-0.39, 0.29) is 11.7 Å². The van der Waals surface area contributed by atoms with E-state index >= 15 is 0 Å². The molecule has 0 bridgehead atoms. The van der Waals surface area contributed by atoms with Gasteiger partial charge in [0.25, 0.3) is 5.91 Å². The van der Waals surface area contributed by atoms with Crippen molar-refractivity contribution >= 4 is 5.91 Å². The molecule has 27 heavy (non-hydrogen) atoms. The standard InChI is InChI=1S/C20H15FN4O2/c21-16-7-3-14(4-8-16)19-13-23-24-25(19)17-9-5-15(6-10-17)20(26)22-12-18-2-1-11-27-18/h1-11,13H,12H2,(H,22,26). The quantitative estimate of drug-likeness (QED) is 0.589. The van der Waals surface area contributed by atoms with Gasteiger partial charge in [-0.1, -0.05) is 5.21 Å². The van der Waals surface area contributed by atoms with Gasteiger partial charge in [0, 0.05) is 11.1 Å². The Morgan fingerprint density at radius 1 is 1.07 bits per heavy atom. The van der Waals surface area contributed by atoms with Crippen molar-refractivity contribution in [1.29, 1.82) is 0 Å². The molecule has 2 heterocycles. The SMILES string of the molecule is O=C(NCc1ccco1)c1ccc(-n2nncc2-c2ccc(F)cc2)cc1. The Kier molecular flexibility index (Phi) is 4.49. The molecule has 0 saturated heterocycles. The predicted octanol–water partition coefficient (Wildman–Crippen LogP) is 3.60. The summed E-state index contributed by atoms with van der Waals surface area (Å²) in [5, 5.41) is 10.8. The van der Waals surface area contributed by atoms with Crippen LogP contribution in [0.1, 0.15) is 16.1 Å². The zero-order valence-electron chi connectivity index (χ0n) is 14.2. The molecule has 1 amide bonds. The first-order chi connectivity index (χ1) is 13.2. The molecular formula is C20H15FN4O2. The van der Waals surface area contributed by atoms with Gasteiger partial charge in [-0.3, -0.25) is 4.79 Å². The van der Waals surface area contributed by atoms with Crippen LogP contribution in [0.25, 0.3) is 16.9 Å². The molecule has 0 radical (unpaired) electrons. The highest BCUT2D eigenvalue weighted by Crippen LogP contribution is 2.22. The second-order valence-electron chi connectivity index (χ2n) is 5.85.